The van der Waals surface area contributed by atoms with E-state index in [9.17, 15) is 9.59 Å². The lowest BCUT2D eigenvalue weighted by atomic mass is 9.76. The van der Waals surface area contributed by atoms with Crippen LogP contribution < -0.4 is 4.74 Å². The Morgan fingerprint density at radius 2 is 2.04 bits per heavy atom. The van der Waals surface area contributed by atoms with Crippen molar-refractivity contribution in [2.45, 2.75) is 57.7 Å². The molecule has 1 amide bonds. The van der Waals surface area contributed by atoms with E-state index in [0.717, 1.165) is 44.3 Å². The number of fused-ring (bicyclic) bond motifs is 1. The molecule has 0 saturated carbocycles. The number of aliphatic carboxylic acids is 1. The monoisotopic (exact) mass is 360 g/mol. The van der Waals surface area contributed by atoms with Crippen molar-refractivity contribution in [2.24, 2.45) is 0 Å². The van der Waals surface area contributed by atoms with Crippen LogP contribution in [0.15, 0.2) is 24.3 Å². The first-order valence-electron chi connectivity index (χ1n) is 9.36. The molecule has 142 valence electrons. The van der Waals surface area contributed by atoms with Crippen LogP contribution in [0.3, 0.4) is 0 Å². The molecule has 0 spiro atoms. The van der Waals surface area contributed by atoms with Gasteiger partial charge in [-0.25, -0.2) is 4.79 Å². The van der Waals surface area contributed by atoms with Crippen LogP contribution in [-0.2, 0) is 16.1 Å². The number of para-hydroxylation sites is 1. The number of nitrogens with zero attached hydrogens (tertiary/aromatic N) is 2. The van der Waals surface area contributed by atoms with Gasteiger partial charge in [-0.3, -0.25) is 9.69 Å². The molecule has 0 radical (unpaired) electrons. The number of piperidine rings is 2. The van der Waals surface area contributed by atoms with Gasteiger partial charge >= 0.3 is 5.97 Å². The summed E-state index contributed by atoms with van der Waals surface area (Å²) in [4.78, 5) is 27.5. The van der Waals surface area contributed by atoms with Crippen LogP contribution in [0.5, 0.6) is 5.75 Å². The Bertz CT molecular complexity index is 678. The van der Waals surface area contributed by atoms with Gasteiger partial charge in [0.15, 0.2) is 6.61 Å². The van der Waals surface area contributed by atoms with Gasteiger partial charge in [-0.05, 0) is 45.2 Å². The number of benzene rings is 1. The Balaban J connectivity index is 1.80. The van der Waals surface area contributed by atoms with Gasteiger partial charge < -0.3 is 14.7 Å². The molecule has 26 heavy (non-hydrogen) atoms. The van der Waals surface area contributed by atoms with E-state index in [1.807, 2.05) is 24.3 Å². The molecule has 0 unspecified atom stereocenters. The minimum atomic E-state index is -0.977. The first-order valence-corrected chi connectivity index (χ1v) is 9.36. The Labute approximate surface area is 154 Å². The fourth-order valence-corrected chi connectivity index (χ4v) is 4.70. The molecular formula is C20H28N2O4. The highest BCUT2D eigenvalue weighted by Gasteiger charge is 2.48. The number of carboxylic acids is 1. The largest absolute Gasteiger partial charge is 0.482 e. The van der Waals surface area contributed by atoms with Crippen LogP contribution >= 0.6 is 0 Å². The first kappa shape index (κ1) is 18.7. The Kier molecular flexibility index (Phi) is 5.51. The number of rotatable bonds is 5. The Hall–Kier alpha value is -2.08. The SMILES string of the molecule is CC(=O)N1CCC[C@H]2N(Cc3ccccc3OCC(=O)O)CCC[C@@]21C. The van der Waals surface area contributed by atoms with Crippen LogP contribution in [0, 0.1) is 0 Å². The van der Waals surface area contributed by atoms with E-state index in [4.69, 9.17) is 9.84 Å². The van der Waals surface area contributed by atoms with Crippen molar-refractivity contribution in [3.63, 3.8) is 0 Å². The second kappa shape index (κ2) is 7.66. The molecule has 1 N–H and O–H groups in total. The molecule has 2 aliphatic heterocycles. The highest BCUT2D eigenvalue weighted by Crippen LogP contribution is 2.40. The molecule has 2 atom stereocenters. The maximum atomic E-state index is 12.2. The molecule has 6 nitrogen and oxygen atoms in total. The van der Waals surface area contributed by atoms with Gasteiger partial charge in [0, 0.05) is 31.6 Å². The molecule has 3 rings (SSSR count). The molecule has 2 aliphatic rings. The lowest BCUT2D eigenvalue weighted by Gasteiger charge is -2.56. The lowest BCUT2D eigenvalue weighted by Crippen LogP contribution is -2.66. The second-order valence-electron chi connectivity index (χ2n) is 7.55. The second-order valence-corrected chi connectivity index (χ2v) is 7.55. The summed E-state index contributed by atoms with van der Waals surface area (Å²) < 4.78 is 5.47. The number of hydrogen-bond donors (Lipinski definition) is 1. The highest BCUT2D eigenvalue weighted by molar-refractivity contribution is 5.74. The Morgan fingerprint density at radius 3 is 2.77 bits per heavy atom. The fraction of sp³-hybridized carbons (Fsp3) is 0.600. The molecule has 2 heterocycles. The molecule has 1 aromatic carbocycles. The number of carbonyl (C=O) groups is 2. The van der Waals surface area contributed by atoms with Crippen LogP contribution in [0.25, 0.3) is 0 Å². The number of likely N-dealkylation sites (tertiary alicyclic amines) is 2. The van der Waals surface area contributed by atoms with Crippen LogP contribution in [0.4, 0.5) is 0 Å². The van der Waals surface area contributed by atoms with E-state index in [1.54, 1.807) is 6.92 Å². The standard InChI is InChI=1S/C20H28N2O4/c1-15(23)22-12-5-9-18-20(22,2)10-6-11-21(18)13-16-7-3-4-8-17(16)26-14-19(24)25/h3-4,7-8,18H,5-6,9-14H2,1-2H3,(H,24,25)/t18-,20+/m1/s1. The minimum Gasteiger partial charge on any atom is -0.482 e. The average Bonchev–Trinajstić information content (AvgIpc) is 2.60. The average molecular weight is 360 g/mol. The third kappa shape index (κ3) is 3.70. The van der Waals surface area contributed by atoms with E-state index >= 15 is 0 Å². The van der Waals surface area contributed by atoms with Crippen molar-refractivity contribution in [3.8, 4) is 5.75 Å². The van der Waals surface area contributed by atoms with Gasteiger partial charge in [0.25, 0.3) is 0 Å². The number of ether oxygens (including phenoxy) is 1. The van der Waals surface area contributed by atoms with E-state index in [-0.39, 0.29) is 18.1 Å². The predicted molar refractivity (Wildman–Crippen MR) is 98.0 cm³/mol. The lowest BCUT2D eigenvalue weighted by molar-refractivity contribution is -0.145. The summed E-state index contributed by atoms with van der Waals surface area (Å²) in [5.41, 5.74) is 0.872. The van der Waals surface area contributed by atoms with Gasteiger partial charge in [-0.2, -0.15) is 0 Å². The van der Waals surface area contributed by atoms with E-state index < -0.39 is 5.97 Å². The number of amides is 1. The van der Waals surface area contributed by atoms with E-state index in [0.29, 0.717) is 18.3 Å². The minimum absolute atomic E-state index is 0.126. The van der Waals surface area contributed by atoms with Gasteiger partial charge in [-0.15, -0.1) is 0 Å². The van der Waals surface area contributed by atoms with Gasteiger partial charge in [0.05, 0.1) is 5.54 Å². The quantitative estimate of drug-likeness (QED) is 0.874. The zero-order chi connectivity index (χ0) is 18.7. The van der Waals surface area contributed by atoms with Crippen molar-refractivity contribution >= 4 is 11.9 Å². The predicted octanol–water partition coefficient (Wildman–Crippen LogP) is 2.52. The van der Waals surface area contributed by atoms with Crippen molar-refractivity contribution < 1.29 is 19.4 Å². The van der Waals surface area contributed by atoms with Crippen molar-refractivity contribution in [2.75, 3.05) is 19.7 Å². The summed E-state index contributed by atoms with van der Waals surface area (Å²) in [7, 11) is 0. The van der Waals surface area contributed by atoms with Crippen molar-refractivity contribution in [1.82, 2.24) is 9.80 Å². The smallest absolute Gasteiger partial charge is 0.341 e. The van der Waals surface area contributed by atoms with Gasteiger partial charge in [-0.1, -0.05) is 18.2 Å². The normalized spacial score (nSPS) is 26.2. The molecule has 2 fully saturated rings. The number of carboxylic acid groups (broad SMARTS) is 1. The third-order valence-electron chi connectivity index (χ3n) is 5.84. The van der Waals surface area contributed by atoms with E-state index in [1.165, 1.54) is 0 Å². The zero-order valence-corrected chi connectivity index (χ0v) is 15.6. The number of hydrogen-bond acceptors (Lipinski definition) is 4. The summed E-state index contributed by atoms with van der Waals surface area (Å²) in [5, 5.41) is 8.88. The fourth-order valence-electron chi connectivity index (χ4n) is 4.70. The van der Waals surface area contributed by atoms with Gasteiger partial charge in [0.1, 0.15) is 5.75 Å². The summed E-state index contributed by atoms with van der Waals surface area (Å²) in [6, 6.07) is 7.95. The van der Waals surface area contributed by atoms with Crippen LogP contribution in [0.2, 0.25) is 0 Å². The maximum absolute atomic E-state index is 12.2. The van der Waals surface area contributed by atoms with E-state index in [2.05, 4.69) is 16.7 Å². The molecule has 0 bridgehead atoms. The molecular weight excluding hydrogens is 332 g/mol. The van der Waals surface area contributed by atoms with Gasteiger partial charge in [0.2, 0.25) is 5.91 Å². The summed E-state index contributed by atoms with van der Waals surface area (Å²) in [5.74, 6) is -0.194. The van der Waals surface area contributed by atoms with Crippen molar-refractivity contribution in [1.29, 1.82) is 0 Å². The molecule has 0 aliphatic carbocycles. The zero-order valence-electron chi connectivity index (χ0n) is 15.6. The molecule has 6 heteroatoms. The first-order chi connectivity index (χ1) is 12.4. The molecule has 1 aromatic rings. The summed E-state index contributed by atoms with van der Waals surface area (Å²) in [6.07, 6.45) is 4.19. The molecule has 2 saturated heterocycles. The van der Waals surface area contributed by atoms with Crippen molar-refractivity contribution in [3.05, 3.63) is 29.8 Å². The molecule has 0 aromatic heterocycles. The number of carbonyl (C=O) groups excluding carboxylic acids is 1. The highest BCUT2D eigenvalue weighted by atomic mass is 16.5. The maximum Gasteiger partial charge on any atom is 0.341 e. The summed E-state index contributed by atoms with van der Waals surface area (Å²) in [6.45, 7) is 6.09. The topological polar surface area (TPSA) is 70.1 Å². The van der Waals surface area contributed by atoms with Crippen LogP contribution in [-0.4, -0.2) is 58.1 Å². The Morgan fingerprint density at radius 1 is 1.27 bits per heavy atom. The third-order valence-corrected chi connectivity index (χ3v) is 5.84. The van der Waals surface area contributed by atoms with Crippen LogP contribution in [0.1, 0.15) is 45.1 Å². The summed E-state index contributed by atoms with van der Waals surface area (Å²) >= 11 is 0.